The smallest absolute Gasteiger partial charge is 0.222 e. The topological polar surface area (TPSA) is 29.1 Å². The molecule has 1 N–H and O–H groups in total. The number of hydrogen-bond donors (Lipinski definition) is 1. The minimum absolute atomic E-state index is 0.164. The molecule has 1 amide bonds. The highest BCUT2D eigenvalue weighted by Gasteiger charge is 2.16. The lowest BCUT2D eigenvalue weighted by atomic mass is 9.95. The first kappa shape index (κ1) is 14.5. The van der Waals surface area contributed by atoms with E-state index in [-0.39, 0.29) is 11.8 Å². The SMILES string of the molecule is CCC(C)C(=O)NCC(C)CCC1CCCC1. The van der Waals surface area contributed by atoms with Gasteiger partial charge in [-0.2, -0.15) is 0 Å². The van der Waals surface area contributed by atoms with Gasteiger partial charge >= 0.3 is 0 Å². The van der Waals surface area contributed by atoms with E-state index >= 15 is 0 Å². The van der Waals surface area contributed by atoms with Crippen LogP contribution in [0.1, 0.15) is 65.7 Å². The van der Waals surface area contributed by atoms with Crippen molar-refractivity contribution in [3.8, 4) is 0 Å². The van der Waals surface area contributed by atoms with Crippen LogP contribution >= 0.6 is 0 Å². The molecular weight excluding hydrogens is 210 g/mol. The molecule has 1 saturated carbocycles. The predicted molar refractivity (Wildman–Crippen MR) is 72.8 cm³/mol. The average molecular weight is 239 g/mol. The van der Waals surface area contributed by atoms with Crippen molar-refractivity contribution in [3.05, 3.63) is 0 Å². The predicted octanol–water partition coefficient (Wildman–Crippen LogP) is 3.76. The maximum Gasteiger partial charge on any atom is 0.222 e. The lowest BCUT2D eigenvalue weighted by molar-refractivity contribution is -0.124. The second-order valence-corrected chi connectivity index (χ2v) is 5.89. The quantitative estimate of drug-likeness (QED) is 0.720. The molecule has 0 aromatic heterocycles. The van der Waals surface area contributed by atoms with Gasteiger partial charge in [0.1, 0.15) is 0 Å². The van der Waals surface area contributed by atoms with Crippen LogP contribution < -0.4 is 5.32 Å². The van der Waals surface area contributed by atoms with E-state index in [0.717, 1.165) is 18.9 Å². The second kappa shape index (κ2) is 7.73. The van der Waals surface area contributed by atoms with Crippen LogP contribution in [-0.4, -0.2) is 12.5 Å². The Bertz CT molecular complexity index is 221. The fourth-order valence-corrected chi connectivity index (χ4v) is 2.56. The van der Waals surface area contributed by atoms with Crippen molar-refractivity contribution in [1.82, 2.24) is 5.32 Å². The summed E-state index contributed by atoms with van der Waals surface area (Å²) in [5.74, 6) is 1.99. The largest absolute Gasteiger partial charge is 0.356 e. The van der Waals surface area contributed by atoms with E-state index < -0.39 is 0 Å². The van der Waals surface area contributed by atoms with Crippen LogP contribution in [0.5, 0.6) is 0 Å². The summed E-state index contributed by atoms with van der Waals surface area (Å²) >= 11 is 0. The monoisotopic (exact) mass is 239 g/mol. The molecule has 1 fully saturated rings. The zero-order valence-electron chi connectivity index (χ0n) is 11.8. The van der Waals surface area contributed by atoms with Crippen molar-refractivity contribution in [3.63, 3.8) is 0 Å². The van der Waals surface area contributed by atoms with Crippen LogP contribution in [0.3, 0.4) is 0 Å². The molecule has 0 aromatic carbocycles. The third-order valence-corrected chi connectivity index (χ3v) is 4.23. The average Bonchev–Trinajstić information content (AvgIpc) is 2.85. The minimum atomic E-state index is 0.164. The number of carbonyl (C=O) groups excluding carboxylic acids is 1. The van der Waals surface area contributed by atoms with Gasteiger partial charge in [0.25, 0.3) is 0 Å². The molecule has 0 saturated heterocycles. The molecule has 2 nitrogen and oxygen atoms in total. The highest BCUT2D eigenvalue weighted by molar-refractivity contribution is 5.78. The molecule has 100 valence electrons. The molecule has 0 aromatic rings. The van der Waals surface area contributed by atoms with Gasteiger partial charge in [-0.25, -0.2) is 0 Å². The van der Waals surface area contributed by atoms with E-state index in [0.29, 0.717) is 5.92 Å². The third-order valence-electron chi connectivity index (χ3n) is 4.23. The molecule has 1 aliphatic carbocycles. The van der Waals surface area contributed by atoms with Crippen LogP contribution in [-0.2, 0) is 4.79 Å². The first-order chi connectivity index (χ1) is 8.13. The Morgan fingerprint density at radius 3 is 2.53 bits per heavy atom. The van der Waals surface area contributed by atoms with Gasteiger partial charge in [0, 0.05) is 12.5 Å². The fourth-order valence-electron chi connectivity index (χ4n) is 2.56. The highest BCUT2D eigenvalue weighted by atomic mass is 16.1. The van der Waals surface area contributed by atoms with E-state index in [2.05, 4.69) is 19.2 Å². The van der Waals surface area contributed by atoms with Gasteiger partial charge < -0.3 is 5.32 Å². The fraction of sp³-hybridized carbons (Fsp3) is 0.933. The van der Waals surface area contributed by atoms with E-state index in [1.54, 1.807) is 0 Å². The molecule has 2 heteroatoms. The second-order valence-electron chi connectivity index (χ2n) is 5.89. The van der Waals surface area contributed by atoms with E-state index in [9.17, 15) is 4.79 Å². The van der Waals surface area contributed by atoms with Crippen LogP contribution in [0.15, 0.2) is 0 Å². The van der Waals surface area contributed by atoms with Gasteiger partial charge in [-0.15, -0.1) is 0 Å². The maximum absolute atomic E-state index is 11.6. The number of hydrogen-bond acceptors (Lipinski definition) is 1. The first-order valence-corrected chi connectivity index (χ1v) is 7.41. The molecule has 0 spiro atoms. The summed E-state index contributed by atoms with van der Waals surface area (Å²) in [6.45, 7) is 7.17. The summed E-state index contributed by atoms with van der Waals surface area (Å²) in [6, 6.07) is 0. The Hall–Kier alpha value is -0.530. The summed E-state index contributed by atoms with van der Waals surface area (Å²) in [6.07, 6.45) is 9.31. The number of amides is 1. The summed E-state index contributed by atoms with van der Waals surface area (Å²) in [5, 5.41) is 3.07. The Balaban J connectivity index is 2.07. The Morgan fingerprint density at radius 1 is 1.29 bits per heavy atom. The van der Waals surface area contributed by atoms with Gasteiger partial charge in [0.05, 0.1) is 0 Å². The highest BCUT2D eigenvalue weighted by Crippen LogP contribution is 2.29. The zero-order chi connectivity index (χ0) is 12.7. The number of rotatable bonds is 7. The van der Waals surface area contributed by atoms with Crippen molar-refractivity contribution in [2.75, 3.05) is 6.54 Å². The van der Waals surface area contributed by atoms with Crippen molar-refractivity contribution < 1.29 is 4.79 Å². The number of nitrogens with one attached hydrogen (secondary N) is 1. The Kier molecular flexibility index (Phi) is 6.61. The molecule has 2 unspecified atom stereocenters. The normalized spacial score (nSPS) is 20.2. The first-order valence-electron chi connectivity index (χ1n) is 7.41. The van der Waals surface area contributed by atoms with Crippen LogP contribution in [0.25, 0.3) is 0 Å². The van der Waals surface area contributed by atoms with Crippen molar-refractivity contribution in [2.24, 2.45) is 17.8 Å². The summed E-state index contributed by atoms with van der Waals surface area (Å²) < 4.78 is 0. The van der Waals surface area contributed by atoms with Crippen LogP contribution in [0.2, 0.25) is 0 Å². The van der Waals surface area contributed by atoms with E-state index in [1.807, 2.05) is 6.92 Å². The van der Waals surface area contributed by atoms with Gasteiger partial charge in [0.2, 0.25) is 5.91 Å². The minimum Gasteiger partial charge on any atom is -0.356 e. The molecule has 2 atom stereocenters. The molecule has 17 heavy (non-hydrogen) atoms. The molecule has 1 rings (SSSR count). The van der Waals surface area contributed by atoms with Gasteiger partial charge in [-0.1, -0.05) is 52.9 Å². The molecule has 0 aliphatic heterocycles. The molecule has 0 radical (unpaired) electrons. The van der Waals surface area contributed by atoms with Crippen molar-refractivity contribution >= 4 is 5.91 Å². The molecule has 0 heterocycles. The Morgan fingerprint density at radius 2 is 1.94 bits per heavy atom. The van der Waals surface area contributed by atoms with E-state index in [4.69, 9.17) is 0 Å². The third kappa shape index (κ3) is 5.56. The molecule has 1 aliphatic rings. The molecule has 0 bridgehead atoms. The summed E-state index contributed by atoms with van der Waals surface area (Å²) in [7, 11) is 0. The van der Waals surface area contributed by atoms with Gasteiger partial charge in [-0.05, 0) is 24.7 Å². The Labute approximate surface area is 107 Å². The standard InChI is InChI=1S/C15H29NO/c1-4-13(3)15(17)16-11-12(2)9-10-14-7-5-6-8-14/h12-14H,4-11H2,1-3H3,(H,16,17). The number of carbonyl (C=O) groups is 1. The van der Waals surface area contributed by atoms with Crippen LogP contribution in [0, 0.1) is 17.8 Å². The van der Waals surface area contributed by atoms with Gasteiger partial charge in [0.15, 0.2) is 0 Å². The summed E-state index contributed by atoms with van der Waals surface area (Å²) in [5.41, 5.74) is 0. The maximum atomic E-state index is 11.6. The van der Waals surface area contributed by atoms with Crippen LogP contribution in [0.4, 0.5) is 0 Å². The zero-order valence-corrected chi connectivity index (χ0v) is 11.8. The molecular formula is C15H29NO. The summed E-state index contributed by atoms with van der Waals surface area (Å²) in [4.78, 5) is 11.6. The lowest BCUT2D eigenvalue weighted by Gasteiger charge is -2.16. The van der Waals surface area contributed by atoms with Crippen molar-refractivity contribution in [1.29, 1.82) is 0 Å². The van der Waals surface area contributed by atoms with E-state index in [1.165, 1.54) is 38.5 Å². The lowest BCUT2D eigenvalue weighted by Crippen LogP contribution is -2.32. The van der Waals surface area contributed by atoms with Crippen molar-refractivity contribution in [2.45, 2.75) is 65.7 Å². The van der Waals surface area contributed by atoms with Gasteiger partial charge in [-0.3, -0.25) is 4.79 Å².